The second-order valence-electron chi connectivity index (χ2n) is 3.79. The van der Waals surface area contributed by atoms with Crippen molar-refractivity contribution in [1.29, 1.82) is 0 Å². The highest BCUT2D eigenvalue weighted by Crippen LogP contribution is 2.34. The molecule has 0 unspecified atom stereocenters. The van der Waals surface area contributed by atoms with Crippen molar-refractivity contribution in [2.45, 2.75) is 13.8 Å². The van der Waals surface area contributed by atoms with Crippen molar-refractivity contribution in [2.75, 3.05) is 7.11 Å². The SMILES string of the molecule is COc1c(C)c(C)cc2cc(B(O)O)sc12. The minimum atomic E-state index is -1.41. The Morgan fingerprint density at radius 1 is 1.25 bits per heavy atom. The van der Waals surface area contributed by atoms with Gasteiger partial charge in [0, 0.05) is 4.78 Å². The van der Waals surface area contributed by atoms with E-state index < -0.39 is 7.12 Å². The summed E-state index contributed by atoms with van der Waals surface area (Å²) < 4.78 is 6.89. The summed E-state index contributed by atoms with van der Waals surface area (Å²) in [6, 6.07) is 3.83. The number of methoxy groups -OCH3 is 1. The number of fused-ring (bicyclic) bond motifs is 1. The van der Waals surface area contributed by atoms with Gasteiger partial charge in [0.25, 0.3) is 0 Å². The zero-order valence-corrected chi connectivity index (χ0v) is 10.3. The lowest BCUT2D eigenvalue weighted by Gasteiger charge is -2.08. The lowest BCUT2D eigenvalue weighted by Crippen LogP contribution is -2.26. The van der Waals surface area contributed by atoms with Gasteiger partial charge in [-0.2, -0.15) is 0 Å². The van der Waals surface area contributed by atoms with Gasteiger partial charge in [-0.1, -0.05) is 6.07 Å². The number of hydrogen-bond acceptors (Lipinski definition) is 4. The van der Waals surface area contributed by atoms with Crippen molar-refractivity contribution in [2.24, 2.45) is 0 Å². The van der Waals surface area contributed by atoms with Gasteiger partial charge in [0.15, 0.2) is 0 Å². The Hall–Kier alpha value is -1.04. The first-order chi connectivity index (χ1) is 7.54. The Morgan fingerprint density at radius 3 is 2.50 bits per heavy atom. The van der Waals surface area contributed by atoms with E-state index in [2.05, 4.69) is 0 Å². The average molecular weight is 236 g/mol. The van der Waals surface area contributed by atoms with Gasteiger partial charge in [0.2, 0.25) is 0 Å². The van der Waals surface area contributed by atoms with E-state index in [1.165, 1.54) is 11.3 Å². The fourth-order valence-electron chi connectivity index (χ4n) is 1.77. The van der Waals surface area contributed by atoms with Crippen LogP contribution in [-0.2, 0) is 0 Å². The maximum absolute atomic E-state index is 9.15. The third-order valence-corrected chi connectivity index (χ3v) is 3.94. The van der Waals surface area contributed by atoms with Gasteiger partial charge in [-0.15, -0.1) is 11.3 Å². The van der Waals surface area contributed by atoms with Crippen molar-refractivity contribution in [3.05, 3.63) is 23.3 Å². The first kappa shape index (κ1) is 11.5. The smallest absolute Gasteiger partial charge is 0.495 e. The Morgan fingerprint density at radius 2 is 1.94 bits per heavy atom. The summed E-state index contributed by atoms with van der Waals surface area (Å²) in [5.41, 5.74) is 2.23. The summed E-state index contributed by atoms with van der Waals surface area (Å²) in [6.45, 7) is 4.02. The molecule has 0 aliphatic rings. The van der Waals surface area contributed by atoms with Crippen LogP contribution in [0.4, 0.5) is 0 Å². The number of rotatable bonds is 2. The summed E-state index contributed by atoms with van der Waals surface area (Å²) in [5, 5.41) is 19.3. The highest BCUT2D eigenvalue weighted by Gasteiger charge is 2.18. The quantitative estimate of drug-likeness (QED) is 0.770. The molecule has 2 aromatic rings. The van der Waals surface area contributed by atoms with Crippen LogP contribution in [0, 0.1) is 13.8 Å². The topological polar surface area (TPSA) is 49.7 Å². The number of ether oxygens (including phenoxy) is 1. The Balaban J connectivity index is 2.76. The molecule has 1 aromatic carbocycles. The molecule has 0 amide bonds. The van der Waals surface area contributed by atoms with Crippen LogP contribution in [-0.4, -0.2) is 24.3 Å². The molecule has 3 nitrogen and oxygen atoms in total. The largest absolute Gasteiger partial charge is 0.499 e. The zero-order valence-electron chi connectivity index (χ0n) is 9.44. The van der Waals surface area contributed by atoms with Crippen LogP contribution in [0.2, 0.25) is 0 Å². The third kappa shape index (κ3) is 1.71. The summed E-state index contributed by atoms with van der Waals surface area (Å²) >= 11 is 1.35. The molecule has 16 heavy (non-hydrogen) atoms. The van der Waals surface area contributed by atoms with Crippen molar-refractivity contribution in [1.82, 2.24) is 0 Å². The van der Waals surface area contributed by atoms with Gasteiger partial charge in [-0.05, 0) is 36.4 Å². The van der Waals surface area contributed by atoms with Gasteiger partial charge in [-0.25, -0.2) is 0 Å². The number of hydrogen-bond donors (Lipinski definition) is 2. The molecular weight excluding hydrogens is 223 g/mol. The van der Waals surface area contributed by atoms with E-state index in [9.17, 15) is 0 Å². The fraction of sp³-hybridized carbons (Fsp3) is 0.273. The van der Waals surface area contributed by atoms with Crippen LogP contribution in [0.1, 0.15) is 11.1 Å². The molecule has 0 bridgehead atoms. The Labute approximate surface area is 98.4 Å². The molecule has 2 N–H and O–H groups in total. The Kier molecular flexibility index (Phi) is 2.92. The Bertz CT molecular complexity index is 533. The maximum atomic E-state index is 9.15. The number of benzene rings is 1. The van der Waals surface area contributed by atoms with Crippen LogP contribution in [0.25, 0.3) is 10.1 Å². The molecule has 1 heterocycles. The summed E-state index contributed by atoms with van der Waals surface area (Å²) in [5.74, 6) is 0.826. The van der Waals surface area contributed by atoms with E-state index >= 15 is 0 Å². The zero-order chi connectivity index (χ0) is 11.9. The van der Waals surface area contributed by atoms with Gasteiger partial charge in [0.05, 0.1) is 11.8 Å². The lowest BCUT2D eigenvalue weighted by molar-refractivity contribution is 0.417. The highest BCUT2D eigenvalue weighted by atomic mass is 32.1. The predicted molar refractivity (Wildman–Crippen MR) is 67.7 cm³/mol. The molecule has 84 valence electrons. The van der Waals surface area contributed by atoms with Crippen molar-refractivity contribution >= 4 is 33.3 Å². The number of thiophene rings is 1. The van der Waals surface area contributed by atoms with Crippen LogP contribution in [0.15, 0.2) is 12.1 Å². The predicted octanol–water partition coefficient (Wildman–Crippen LogP) is 1.21. The van der Waals surface area contributed by atoms with E-state index in [1.807, 2.05) is 19.9 Å². The van der Waals surface area contributed by atoms with Crippen LogP contribution in [0.5, 0.6) is 5.75 Å². The van der Waals surface area contributed by atoms with E-state index in [0.29, 0.717) is 4.78 Å². The molecule has 2 rings (SSSR count). The van der Waals surface area contributed by atoms with Crippen LogP contribution >= 0.6 is 11.3 Å². The van der Waals surface area contributed by atoms with Crippen molar-refractivity contribution in [3.63, 3.8) is 0 Å². The van der Waals surface area contributed by atoms with Crippen molar-refractivity contribution < 1.29 is 14.8 Å². The molecule has 0 saturated heterocycles. The minimum Gasteiger partial charge on any atom is -0.495 e. The molecule has 0 aliphatic carbocycles. The molecule has 5 heteroatoms. The van der Waals surface area contributed by atoms with E-state index in [1.54, 1.807) is 13.2 Å². The molecular formula is C11H13BO3S. The monoisotopic (exact) mass is 236 g/mol. The van der Waals surface area contributed by atoms with Crippen LogP contribution < -0.4 is 9.51 Å². The van der Waals surface area contributed by atoms with Crippen LogP contribution in [0.3, 0.4) is 0 Å². The minimum absolute atomic E-state index is 0.540. The molecule has 0 radical (unpaired) electrons. The van der Waals surface area contributed by atoms with Gasteiger partial charge < -0.3 is 14.8 Å². The average Bonchev–Trinajstić information content (AvgIpc) is 2.63. The molecule has 0 aliphatic heterocycles. The normalized spacial score (nSPS) is 10.8. The summed E-state index contributed by atoms with van der Waals surface area (Å²) in [4.78, 5) is 0. The van der Waals surface area contributed by atoms with Gasteiger partial charge in [0.1, 0.15) is 5.75 Å². The lowest BCUT2D eigenvalue weighted by atomic mass is 9.89. The van der Waals surface area contributed by atoms with Gasteiger partial charge in [-0.3, -0.25) is 0 Å². The molecule has 0 spiro atoms. The van der Waals surface area contributed by atoms with E-state index in [-0.39, 0.29) is 0 Å². The molecule has 1 aromatic heterocycles. The first-order valence-corrected chi connectivity index (χ1v) is 5.80. The van der Waals surface area contributed by atoms with E-state index in [0.717, 1.165) is 27.0 Å². The second kappa shape index (κ2) is 4.09. The van der Waals surface area contributed by atoms with Gasteiger partial charge >= 0.3 is 7.12 Å². The molecule has 0 atom stereocenters. The first-order valence-electron chi connectivity index (χ1n) is 4.98. The fourth-order valence-corrected chi connectivity index (χ4v) is 2.87. The summed E-state index contributed by atoms with van der Waals surface area (Å²) in [6.07, 6.45) is 0. The standard InChI is InChI=1S/C11H13BO3S/c1-6-4-8-5-9(12(13)14)16-11(8)10(15-3)7(6)2/h4-5,13-14H,1-3H3. The molecule has 0 saturated carbocycles. The summed E-state index contributed by atoms with van der Waals surface area (Å²) in [7, 11) is 0.221. The van der Waals surface area contributed by atoms with Crippen molar-refractivity contribution in [3.8, 4) is 5.75 Å². The third-order valence-electron chi connectivity index (χ3n) is 2.75. The maximum Gasteiger partial charge on any atom is 0.499 e. The highest BCUT2D eigenvalue weighted by molar-refractivity contribution is 7.28. The number of aryl methyl sites for hydroxylation is 1. The molecule has 0 fully saturated rings. The second-order valence-corrected chi connectivity index (χ2v) is 4.88. The van der Waals surface area contributed by atoms with E-state index in [4.69, 9.17) is 14.8 Å².